The fraction of sp³-hybridized carbons (Fsp3) is 0.250. The minimum atomic E-state index is -0.301. The van der Waals surface area contributed by atoms with Gasteiger partial charge in [-0.1, -0.05) is 36.4 Å². The van der Waals surface area contributed by atoms with E-state index in [4.69, 9.17) is 5.73 Å². The molecule has 1 unspecified atom stereocenters. The van der Waals surface area contributed by atoms with E-state index in [1.165, 1.54) is 0 Å². The summed E-state index contributed by atoms with van der Waals surface area (Å²) in [5.74, 6) is -0.283. The molecule has 6 heteroatoms. The molecule has 1 heterocycles. The lowest BCUT2D eigenvalue weighted by Crippen LogP contribution is -2.35. The Hall–Kier alpha value is -1.62. The number of hydrogen-bond acceptors (Lipinski definition) is 3. The molecule has 4 nitrogen and oxygen atoms in total. The van der Waals surface area contributed by atoms with Gasteiger partial charge >= 0.3 is 0 Å². The molecule has 1 atom stereocenters. The van der Waals surface area contributed by atoms with Gasteiger partial charge in [-0.2, -0.15) is 0 Å². The first-order valence-corrected chi connectivity index (χ1v) is 6.62. The van der Waals surface area contributed by atoms with E-state index in [9.17, 15) is 4.79 Å². The van der Waals surface area contributed by atoms with Crippen LogP contribution in [0.4, 0.5) is 0 Å². The van der Waals surface area contributed by atoms with Gasteiger partial charge in [0.25, 0.3) is 0 Å². The van der Waals surface area contributed by atoms with Crippen molar-refractivity contribution >= 4 is 30.7 Å². The van der Waals surface area contributed by atoms with E-state index in [1.807, 2.05) is 48.5 Å². The van der Waals surface area contributed by atoms with Crippen molar-refractivity contribution in [2.75, 3.05) is 13.6 Å². The lowest BCUT2D eigenvalue weighted by molar-refractivity contribution is -0.131. The lowest BCUT2D eigenvalue weighted by atomic mass is 9.98. The van der Waals surface area contributed by atoms with Crippen molar-refractivity contribution in [1.82, 2.24) is 9.88 Å². The average molecular weight is 342 g/mol. The molecule has 1 aromatic heterocycles. The maximum atomic E-state index is 12.5. The number of rotatable bonds is 5. The van der Waals surface area contributed by atoms with E-state index < -0.39 is 0 Å². The van der Waals surface area contributed by atoms with Gasteiger partial charge in [-0.15, -0.1) is 24.8 Å². The fourth-order valence-electron chi connectivity index (χ4n) is 2.14. The fourth-order valence-corrected chi connectivity index (χ4v) is 2.14. The van der Waals surface area contributed by atoms with E-state index >= 15 is 0 Å². The molecule has 1 amide bonds. The van der Waals surface area contributed by atoms with Gasteiger partial charge in [-0.3, -0.25) is 9.78 Å². The second-order valence-corrected chi connectivity index (χ2v) is 4.71. The highest BCUT2D eigenvalue weighted by Gasteiger charge is 2.22. The SMILES string of the molecule is CN(Cc1ccccn1)C(=O)C(CN)c1ccccc1.Cl.Cl. The predicted molar refractivity (Wildman–Crippen MR) is 93.4 cm³/mol. The number of halogens is 2. The monoisotopic (exact) mass is 341 g/mol. The average Bonchev–Trinajstić information content (AvgIpc) is 2.50. The van der Waals surface area contributed by atoms with Gasteiger partial charge in [0, 0.05) is 19.8 Å². The normalized spacial score (nSPS) is 10.8. The number of pyridine rings is 1. The van der Waals surface area contributed by atoms with Crippen LogP contribution in [0.2, 0.25) is 0 Å². The van der Waals surface area contributed by atoms with Crippen molar-refractivity contribution in [1.29, 1.82) is 0 Å². The molecular weight excluding hydrogens is 321 g/mol. The number of nitrogens with zero attached hydrogens (tertiary/aromatic N) is 2. The van der Waals surface area contributed by atoms with Crippen LogP contribution in [0.1, 0.15) is 17.2 Å². The van der Waals surface area contributed by atoms with Crippen LogP contribution in [-0.4, -0.2) is 29.4 Å². The Balaban J connectivity index is 0.00000220. The van der Waals surface area contributed by atoms with Gasteiger partial charge in [0.15, 0.2) is 0 Å². The summed E-state index contributed by atoms with van der Waals surface area (Å²) in [7, 11) is 1.78. The Kier molecular flexibility index (Phi) is 9.42. The Morgan fingerprint density at radius 2 is 1.77 bits per heavy atom. The molecule has 2 aromatic rings. The van der Waals surface area contributed by atoms with Gasteiger partial charge in [0.05, 0.1) is 18.2 Å². The zero-order valence-electron chi connectivity index (χ0n) is 12.4. The maximum absolute atomic E-state index is 12.5. The predicted octanol–water partition coefficient (Wildman–Crippen LogP) is 2.63. The smallest absolute Gasteiger partial charge is 0.231 e. The molecule has 2 N–H and O–H groups in total. The van der Waals surface area contributed by atoms with E-state index in [0.717, 1.165) is 11.3 Å². The van der Waals surface area contributed by atoms with Crippen LogP contribution in [0, 0.1) is 0 Å². The summed E-state index contributed by atoms with van der Waals surface area (Å²) in [5.41, 5.74) is 7.59. The number of likely N-dealkylation sites (N-methyl/N-ethyl adjacent to an activating group) is 1. The van der Waals surface area contributed by atoms with Crippen molar-refractivity contribution in [3.05, 3.63) is 66.0 Å². The number of aromatic nitrogens is 1. The number of carbonyl (C=O) groups is 1. The van der Waals surface area contributed by atoms with Crippen LogP contribution in [0.25, 0.3) is 0 Å². The van der Waals surface area contributed by atoms with Gasteiger partial charge < -0.3 is 10.6 Å². The minimum absolute atomic E-state index is 0. The van der Waals surface area contributed by atoms with Crippen LogP contribution < -0.4 is 5.73 Å². The van der Waals surface area contributed by atoms with Crippen molar-refractivity contribution in [2.24, 2.45) is 5.73 Å². The highest BCUT2D eigenvalue weighted by Crippen LogP contribution is 2.17. The molecule has 2 rings (SSSR count). The molecule has 0 saturated heterocycles. The number of amides is 1. The van der Waals surface area contributed by atoms with Gasteiger partial charge in [-0.25, -0.2) is 0 Å². The highest BCUT2D eigenvalue weighted by molar-refractivity contribution is 5.85. The third-order valence-electron chi connectivity index (χ3n) is 3.24. The lowest BCUT2D eigenvalue weighted by Gasteiger charge is -2.23. The van der Waals surface area contributed by atoms with E-state index in [2.05, 4.69) is 4.98 Å². The van der Waals surface area contributed by atoms with Crippen LogP contribution in [0.15, 0.2) is 54.7 Å². The summed E-state index contributed by atoms with van der Waals surface area (Å²) in [5, 5.41) is 0. The molecule has 1 aromatic carbocycles. The Morgan fingerprint density at radius 1 is 1.14 bits per heavy atom. The Bertz CT molecular complexity index is 552. The largest absolute Gasteiger partial charge is 0.339 e. The molecule has 0 fully saturated rings. The Labute approximate surface area is 143 Å². The second-order valence-electron chi connectivity index (χ2n) is 4.71. The van der Waals surface area contributed by atoms with Crippen LogP contribution >= 0.6 is 24.8 Å². The topological polar surface area (TPSA) is 59.2 Å². The quantitative estimate of drug-likeness (QED) is 0.909. The number of hydrogen-bond donors (Lipinski definition) is 1. The van der Waals surface area contributed by atoms with Crippen molar-refractivity contribution in [3.63, 3.8) is 0 Å². The first-order valence-electron chi connectivity index (χ1n) is 6.62. The molecule has 22 heavy (non-hydrogen) atoms. The van der Waals surface area contributed by atoms with Crippen LogP contribution in [0.5, 0.6) is 0 Å². The summed E-state index contributed by atoms with van der Waals surface area (Å²) >= 11 is 0. The maximum Gasteiger partial charge on any atom is 0.231 e. The van der Waals surface area contributed by atoms with Crippen molar-refractivity contribution < 1.29 is 4.79 Å². The molecule has 0 radical (unpaired) electrons. The number of benzene rings is 1. The summed E-state index contributed by atoms with van der Waals surface area (Å²) in [6.45, 7) is 0.790. The van der Waals surface area contributed by atoms with Crippen molar-refractivity contribution in [3.8, 4) is 0 Å². The second kappa shape index (κ2) is 10.2. The third-order valence-corrected chi connectivity index (χ3v) is 3.24. The highest BCUT2D eigenvalue weighted by atomic mass is 35.5. The Morgan fingerprint density at radius 3 is 2.32 bits per heavy atom. The molecular formula is C16H21Cl2N3O. The molecule has 0 aliphatic heterocycles. The van der Waals surface area contributed by atoms with E-state index in [1.54, 1.807) is 18.1 Å². The van der Waals surface area contributed by atoms with Crippen LogP contribution in [-0.2, 0) is 11.3 Å². The molecule has 0 saturated carbocycles. The molecule has 0 aliphatic carbocycles. The van der Waals surface area contributed by atoms with E-state index in [-0.39, 0.29) is 36.6 Å². The summed E-state index contributed by atoms with van der Waals surface area (Å²) in [6, 6.07) is 15.3. The zero-order chi connectivity index (χ0) is 14.4. The minimum Gasteiger partial charge on any atom is -0.339 e. The van der Waals surface area contributed by atoms with Crippen LogP contribution in [0.3, 0.4) is 0 Å². The summed E-state index contributed by atoms with van der Waals surface area (Å²) in [4.78, 5) is 18.4. The van der Waals surface area contributed by atoms with Gasteiger partial charge in [0.1, 0.15) is 0 Å². The number of carbonyl (C=O) groups excluding carboxylic acids is 1. The first-order chi connectivity index (χ1) is 9.72. The number of nitrogens with two attached hydrogens (primary N) is 1. The standard InChI is InChI=1S/C16H19N3O.2ClH/c1-19(12-14-9-5-6-10-18-14)16(20)15(11-17)13-7-3-2-4-8-13;;/h2-10,15H,11-12,17H2,1H3;2*1H. The first kappa shape index (κ1) is 20.4. The van der Waals surface area contributed by atoms with Gasteiger partial charge in [0.2, 0.25) is 5.91 Å². The summed E-state index contributed by atoms with van der Waals surface area (Å²) in [6.07, 6.45) is 1.73. The molecule has 120 valence electrons. The molecule has 0 bridgehead atoms. The van der Waals surface area contributed by atoms with Gasteiger partial charge in [-0.05, 0) is 17.7 Å². The molecule has 0 spiro atoms. The third kappa shape index (κ3) is 5.30. The zero-order valence-corrected chi connectivity index (χ0v) is 14.0. The summed E-state index contributed by atoms with van der Waals surface area (Å²) < 4.78 is 0. The van der Waals surface area contributed by atoms with E-state index in [0.29, 0.717) is 13.1 Å². The van der Waals surface area contributed by atoms with Crippen molar-refractivity contribution in [2.45, 2.75) is 12.5 Å². The molecule has 0 aliphatic rings.